The molecule has 2 nitrogen and oxygen atoms in total. The molecule has 0 saturated heterocycles. The van der Waals surface area contributed by atoms with Crippen LogP contribution in [0.4, 0.5) is 0 Å². The van der Waals surface area contributed by atoms with E-state index in [1.807, 2.05) is 0 Å². The molecule has 0 aliphatic rings. The topological polar surface area (TPSA) is 9.86 Å². The van der Waals surface area contributed by atoms with Gasteiger partial charge >= 0.3 is 0 Å². The van der Waals surface area contributed by atoms with E-state index >= 15 is 0 Å². The van der Waals surface area contributed by atoms with Crippen LogP contribution in [-0.4, -0.2) is 9.13 Å². The van der Waals surface area contributed by atoms with Crippen LogP contribution >= 0.6 is 8.20 Å². The summed E-state index contributed by atoms with van der Waals surface area (Å²) in [5.74, 6) is 0. The third-order valence-corrected chi connectivity index (χ3v) is 4.44. The number of benzene rings is 1. The van der Waals surface area contributed by atoms with Crippen molar-refractivity contribution in [2.24, 2.45) is 0 Å². The lowest BCUT2D eigenvalue weighted by Crippen LogP contribution is -2.06. The summed E-state index contributed by atoms with van der Waals surface area (Å²) in [5.41, 5.74) is 1.31. The van der Waals surface area contributed by atoms with Crippen LogP contribution in [-0.2, 0) is 0 Å². The summed E-state index contributed by atoms with van der Waals surface area (Å²) in [6.07, 6.45) is 4.39. The lowest BCUT2D eigenvalue weighted by Gasteiger charge is -2.11. The van der Waals surface area contributed by atoms with Crippen LogP contribution in [0.1, 0.15) is 45.3 Å². The molecule has 102 valence electrons. The largest absolute Gasteiger partial charge is 0.327 e. The van der Waals surface area contributed by atoms with E-state index in [2.05, 4.69) is 80.4 Å². The fourth-order valence-electron chi connectivity index (χ4n) is 2.07. The Morgan fingerprint density at radius 3 is 1.74 bits per heavy atom. The van der Waals surface area contributed by atoms with Gasteiger partial charge in [-0.1, -0.05) is 17.7 Å². The fourth-order valence-corrected chi connectivity index (χ4v) is 3.42. The number of hydrogen-bond acceptors (Lipinski definition) is 0. The Morgan fingerprint density at radius 2 is 1.32 bits per heavy atom. The predicted molar refractivity (Wildman–Crippen MR) is 84.2 cm³/mol. The smallest absolute Gasteiger partial charge is 0.141 e. The molecule has 1 aromatic heterocycles. The molecule has 0 fully saturated rings. The van der Waals surface area contributed by atoms with Gasteiger partial charge in [0.05, 0.1) is 0 Å². The highest BCUT2D eigenvalue weighted by Crippen LogP contribution is 2.17. The minimum Gasteiger partial charge on any atom is -0.327 e. The van der Waals surface area contributed by atoms with Gasteiger partial charge in [-0.25, -0.2) is 0 Å². The second-order valence-electron chi connectivity index (χ2n) is 5.55. The van der Waals surface area contributed by atoms with Crippen molar-refractivity contribution >= 4 is 13.5 Å². The molecule has 0 bridgehead atoms. The maximum absolute atomic E-state index is 2.36. The van der Waals surface area contributed by atoms with Crippen LogP contribution in [0.15, 0.2) is 36.7 Å². The van der Waals surface area contributed by atoms with Gasteiger partial charge in [-0.05, 0) is 55.0 Å². The summed E-state index contributed by atoms with van der Waals surface area (Å²) in [5, 5.41) is 2.70. The summed E-state index contributed by atoms with van der Waals surface area (Å²) >= 11 is 0. The second-order valence-corrected chi connectivity index (χ2v) is 6.69. The van der Waals surface area contributed by atoms with Crippen LogP contribution in [0.2, 0.25) is 0 Å². The molecule has 0 saturated carbocycles. The number of aromatic nitrogens is 2. The molecular formula is C16H23N2P. The lowest BCUT2D eigenvalue weighted by atomic mass is 10.2. The van der Waals surface area contributed by atoms with E-state index in [1.165, 1.54) is 24.3 Å². The molecule has 0 radical (unpaired) electrons. The van der Waals surface area contributed by atoms with Gasteiger partial charge in [0.15, 0.2) is 0 Å². The molecule has 19 heavy (non-hydrogen) atoms. The Labute approximate surface area is 117 Å². The SMILES string of the molecule is Cc1ccc(P=c2n(C(C)C)ccn2C(C)C)cc1. The van der Waals surface area contributed by atoms with Gasteiger partial charge < -0.3 is 9.13 Å². The zero-order valence-electron chi connectivity index (χ0n) is 12.5. The monoisotopic (exact) mass is 274 g/mol. The van der Waals surface area contributed by atoms with E-state index in [0.717, 1.165) is 0 Å². The molecular weight excluding hydrogens is 251 g/mol. The van der Waals surface area contributed by atoms with E-state index in [-0.39, 0.29) is 0 Å². The molecule has 2 aromatic rings. The Bertz CT molecular complexity index is 572. The number of rotatable bonds is 3. The van der Waals surface area contributed by atoms with Crippen molar-refractivity contribution in [3.63, 3.8) is 0 Å². The molecule has 0 unspecified atom stereocenters. The highest BCUT2D eigenvalue weighted by molar-refractivity contribution is 7.38. The highest BCUT2D eigenvalue weighted by Gasteiger charge is 2.06. The Kier molecular flexibility index (Phi) is 4.31. The number of aryl methyl sites for hydroxylation is 1. The zero-order valence-corrected chi connectivity index (χ0v) is 13.4. The first-order valence-electron chi connectivity index (χ1n) is 6.89. The minimum absolute atomic E-state index is 0.493. The standard InChI is InChI=1S/C16H23N2P/c1-12(2)17-10-11-18(13(3)4)16(17)19-15-8-6-14(5)7-9-15/h6-13H,1-5H3. The van der Waals surface area contributed by atoms with Crippen molar-refractivity contribution in [3.8, 4) is 0 Å². The van der Waals surface area contributed by atoms with Gasteiger partial charge in [-0.2, -0.15) is 0 Å². The van der Waals surface area contributed by atoms with Gasteiger partial charge in [0.2, 0.25) is 0 Å². The Morgan fingerprint density at radius 1 is 0.842 bits per heavy atom. The normalized spacial score (nSPS) is 11.7. The highest BCUT2D eigenvalue weighted by atomic mass is 31.1. The number of nitrogens with zero attached hydrogens (tertiary/aromatic N) is 2. The van der Waals surface area contributed by atoms with Crippen LogP contribution in [0.3, 0.4) is 0 Å². The first-order chi connectivity index (χ1) is 8.99. The summed E-state index contributed by atoms with van der Waals surface area (Å²) in [4.78, 5) is 0. The van der Waals surface area contributed by atoms with Gasteiger partial charge in [0.25, 0.3) is 0 Å². The maximum atomic E-state index is 2.36. The number of hydrogen-bond donors (Lipinski definition) is 0. The molecule has 0 aliphatic heterocycles. The molecule has 0 amide bonds. The maximum Gasteiger partial charge on any atom is 0.141 e. The minimum atomic E-state index is 0.493. The molecule has 3 heteroatoms. The molecule has 0 N–H and O–H groups in total. The second kappa shape index (κ2) is 5.79. The third kappa shape index (κ3) is 3.19. The van der Waals surface area contributed by atoms with Crippen LogP contribution < -0.4 is 5.30 Å². The van der Waals surface area contributed by atoms with E-state index in [0.29, 0.717) is 12.1 Å². The molecule has 1 aromatic carbocycles. The fraction of sp³-hybridized carbons (Fsp3) is 0.438. The van der Waals surface area contributed by atoms with E-state index in [1.54, 1.807) is 0 Å². The van der Waals surface area contributed by atoms with Crippen molar-refractivity contribution in [2.75, 3.05) is 0 Å². The van der Waals surface area contributed by atoms with E-state index in [4.69, 9.17) is 0 Å². The van der Waals surface area contributed by atoms with Crippen LogP contribution in [0.25, 0.3) is 0 Å². The quantitative estimate of drug-likeness (QED) is 0.726. The van der Waals surface area contributed by atoms with Crippen molar-refractivity contribution in [1.29, 1.82) is 0 Å². The summed E-state index contributed by atoms with van der Waals surface area (Å²) < 4.78 is 4.73. The van der Waals surface area contributed by atoms with E-state index < -0.39 is 0 Å². The molecule has 0 spiro atoms. The summed E-state index contributed by atoms with van der Waals surface area (Å²) in [6.45, 7) is 11.1. The van der Waals surface area contributed by atoms with Gasteiger partial charge in [0.1, 0.15) is 5.20 Å². The Hall–Kier alpha value is -1.27. The molecule has 0 atom stereocenters. The lowest BCUT2D eigenvalue weighted by molar-refractivity contribution is 0.538. The Balaban J connectivity index is 2.58. The van der Waals surface area contributed by atoms with Crippen molar-refractivity contribution in [2.45, 2.75) is 46.7 Å². The average Bonchev–Trinajstić information content (AvgIpc) is 2.76. The summed E-state index contributed by atoms with van der Waals surface area (Å²) in [6, 6.07) is 9.80. The van der Waals surface area contributed by atoms with E-state index in [9.17, 15) is 0 Å². The zero-order chi connectivity index (χ0) is 14.0. The van der Waals surface area contributed by atoms with Crippen molar-refractivity contribution < 1.29 is 0 Å². The van der Waals surface area contributed by atoms with Crippen LogP contribution in [0, 0.1) is 12.1 Å². The average molecular weight is 274 g/mol. The first kappa shape index (κ1) is 14.1. The van der Waals surface area contributed by atoms with Crippen LogP contribution in [0.5, 0.6) is 0 Å². The third-order valence-electron chi connectivity index (χ3n) is 3.23. The predicted octanol–water partition coefficient (Wildman–Crippen LogP) is 4.56. The molecule has 1 heterocycles. The van der Waals surface area contributed by atoms with Crippen molar-refractivity contribution in [1.82, 2.24) is 9.13 Å². The molecule has 2 rings (SSSR count). The van der Waals surface area contributed by atoms with Gasteiger partial charge in [-0.3, -0.25) is 0 Å². The van der Waals surface area contributed by atoms with Gasteiger partial charge in [-0.15, -0.1) is 0 Å². The first-order valence-corrected chi connectivity index (χ1v) is 7.79. The summed E-state index contributed by atoms with van der Waals surface area (Å²) in [7, 11) is 1.27. The number of imidazole rings is 1. The van der Waals surface area contributed by atoms with Gasteiger partial charge in [0, 0.05) is 29.8 Å². The molecule has 0 aliphatic carbocycles. The van der Waals surface area contributed by atoms with Crippen molar-refractivity contribution in [3.05, 3.63) is 47.4 Å².